The van der Waals surface area contributed by atoms with Gasteiger partial charge in [-0.3, -0.25) is 9.10 Å². The standard InChI is InChI=1S/C24H24N2O4S2/c1-16-8-11-18(12-9-16)32(28,29)26-15-22(30-21-14-17(2)10-13-20(21)26)24(27)25-19-6-4-5-7-23(19)31-3/h4-14,22H,15H2,1-3H3,(H,25,27). The van der Waals surface area contributed by atoms with Gasteiger partial charge in [-0.05, 0) is 62.1 Å². The van der Waals surface area contributed by atoms with Crippen LogP contribution in [0.2, 0.25) is 0 Å². The van der Waals surface area contributed by atoms with Crippen LogP contribution in [0.3, 0.4) is 0 Å². The van der Waals surface area contributed by atoms with Gasteiger partial charge in [0.2, 0.25) is 0 Å². The first-order chi connectivity index (χ1) is 15.3. The molecule has 3 aromatic rings. The molecule has 1 N–H and O–H groups in total. The molecule has 0 fully saturated rings. The number of hydrogen-bond acceptors (Lipinski definition) is 5. The van der Waals surface area contributed by atoms with E-state index in [9.17, 15) is 13.2 Å². The van der Waals surface area contributed by atoms with Gasteiger partial charge >= 0.3 is 0 Å². The van der Waals surface area contributed by atoms with Gasteiger partial charge < -0.3 is 10.1 Å². The number of rotatable bonds is 5. The maximum absolute atomic E-state index is 13.5. The topological polar surface area (TPSA) is 75.7 Å². The number of sulfonamides is 1. The van der Waals surface area contributed by atoms with Gasteiger partial charge in [0.15, 0.2) is 6.10 Å². The van der Waals surface area contributed by atoms with E-state index in [0.717, 1.165) is 16.0 Å². The number of nitrogens with zero attached hydrogens (tertiary/aromatic N) is 1. The van der Waals surface area contributed by atoms with Crippen molar-refractivity contribution in [1.82, 2.24) is 0 Å². The lowest BCUT2D eigenvalue weighted by atomic mass is 10.1. The summed E-state index contributed by atoms with van der Waals surface area (Å²) in [5.41, 5.74) is 2.96. The molecule has 0 spiro atoms. The third kappa shape index (κ3) is 4.33. The molecule has 0 saturated carbocycles. The second-order valence-corrected chi connectivity index (χ2v) is 10.3. The van der Waals surface area contributed by atoms with Gasteiger partial charge in [0.05, 0.1) is 22.8 Å². The number of carbonyl (C=O) groups excluding carboxylic acids is 1. The smallest absolute Gasteiger partial charge is 0.267 e. The third-order valence-electron chi connectivity index (χ3n) is 5.25. The van der Waals surface area contributed by atoms with Crippen LogP contribution in [-0.4, -0.2) is 33.2 Å². The minimum absolute atomic E-state index is 0.125. The van der Waals surface area contributed by atoms with Crippen molar-refractivity contribution in [3.05, 3.63) is 77.9 Å². The highest BCUT2D eigenvalue weighted by Gasteiger charge is 2.37. The van der Waals surface area contributed by atoms with Crippen LogP contribution in [0, 0.1) is 13.8 Å². The van der Waals surface area contributed by atoms with Gasteiger partial charge in [0.25, 0.3) is 15.9 Å². The summed E-state index contributed by atoms with van der Waals surface area (Å²) in [6.07, 6.45) is 0.927. The Bertz CT molecular complexity index is 1260. The molecular formula is C24H24N2O4S2. The second-order valence-electron chi connectivity index (χ2n) is 7.62. The van der Waals surface area contributed by atoms with E-state index >= 15 is 0 Å². The molecule has 0 saturated heterocycles. The Morgan fingerprint density at radius 1 is 1.03 bits per heavy atom. The first-order valence-corrected chi connectivity index (χ1v) is 12.8. The molecule has 1 aliphatic heterocycles. The number of ether oxygens (including phenoxy) is 1. The van der Waals surface area contributed by atoms with Crippen molar-refractivity contribution < 1.29 is 17.9 Å². The molecular weight excluding hydrogens is 444 g/mol. The first kappa shape index (κ1) is 22.2. The molecule has 1 heterocycles. The summed E-state index contributed by atoms with van der Waals surface area (Å²) in [7, 11) is -3.89. The van der Waals surface area contributed by atoms with Crippen LogP contribution >= 0.6 is 11.8 Å². The highest BCUT2D eigenvalue weighted by atomic mass is 32.2. The summed E-state index contributed by atoms with van der Waals surface area (Å²) in [6.45, 7) is 3.66. The lowest BCUT2D eigenvalue weighted by Crippen LogP contribution is -2.48. The number of fused-ring (bicyclic) bond motifs is 1. The minimum atomic E-state index is -3.89. The van der Waals surface area contributed by atoms with Crippen molar-refractivity contribution in [1.29, 1.82) is 0 Å². The van der Waals surface area contributed by atoms with Gasteiger partial charge in [-0.25, -0.2) is 8.42 Å². The molecule has 6 nitrogen and oxygen atoms in total. The van der Waals surface area contributed by atoms with E-state index in [1.54, 1.807) is 36.4 Å². The zero-order valence-corrected chi connectivity index (χ0v) is 19.7. The summed E-state index contributed by atoms with van der Waals surface area (Å²) in [6, 6.07) is 19.4. The number of para-hydroxylation sites is 1. The summed E-state index contributed by atoms with van der Waals surface area (Å²) >= 11 is 1.52. The molecule has 4 rings (SSSR count). The molecule has 1 amide bonds. The monoisotopic (exact) mass is 468 g/mol. The Kier molecular flexibility index (Phi) is 6.17. The van der Waals surface area contributed by atoms with E-state index in [1.807, 2.05) is 50.4 Å². The molecule has 8 heteroatoms. The van der Waals surface area contributed by atoms with Crippen LogP contribution in [0.5, 0.6) is 5.75 Å². The fraction of sp³-hybridized carbons (Fsp3) is 0.208. The van der Waals surface area contributed by atoms with Crippen molar-refractivity contribution in [2.45, 2.75) is 29.7 Å². The number of thioether (sulfide) groups is 1. The largest absolute Gasteiger partial charge is 0.476 e. The zero-order valence-electron chi connectivity index (χ0n) is 18.0. The summed E-state index contributed by atoms with van der Waals surface area (Å²) in [5, 5.41) is 2.89. The van der Waals surface area contributed by atoms with E-state index < -0.39 is 22.0 Å². The molecule has 1 unspecified atom stereocenters. The van der Waals surface area contributed by atoms with Crippen LogP contribution in [0.25, 0.3) is 0 Å². The fourth-order valence-corrected chi connectivity index (χ4v) is 5.55. The predicted octanol–water partition coefficient (Wildman–Crippen LogP) is 4.62. The summed E-state index contributed by atoms with van der Waals surface area (Å²) in [4.78, 5) is 14.2. The van der Waals surface area contributed by atoms with Gasteiger partial charge in [-0.2, -0.15) is 0 Å². The van der Waals surface area contributed by atoms with E-state index in [-0.39, 0.29) is 11.4 Å². The third-order valence-corrected chi connectivity index (χ3v) is 7.84. The number of nitrogens with one attached hydrogen (secondary N) is 1. The number of benzene rings is 3. The molecule has 0 radical (unpaired) electrons. The Morgan fingerprint density at radius 3 is 2.44 bits per heavy atom. The van der Waals surface area contributed by atoms with Crippen molar-refractivity contribution in [2.75, 3.05) is 22.4 Å². The Morgan fingerprint density at radius 2 is 1.72 bits per heavy atom. The highest BCUT2D eigenvalue weighted by molar-refractivity contribution is 7.98. The van der Waals surface area contributed by atoms with Crippen LogP contribution in [-0.2, 0) is 14.8 Å². The van der Waals surface area contributed by atoms with Gasteiger partial charge in [0, 0.05) is 4.90 Å². The maximum Gasteiger partial charge on any atom is 0.267 e. The summed E-state index contributed by atoms with van der Waals surface area (Å²) < 4.78 is 34.3. The molecule has 0 aromatic heterocycles. The lowest BCUT2D eigenvalue weighted by Gasteiger charge is -2.35. The molecule has 1 aliphatic rings. The van der Waals surface area contributed by atoms with E-state index in [2.05, 4.69) is 5.32 Å². The molecule has 0 bridgehead atoms. The normalized spacial score (nSPS) is 15.6. The van der Waals surface area contributed by atoms with E-state index in [4.69, 9.17) is 4.74 Å². The van der Waals surface area contributed by atoms with E-state index in [1.165, 1.54) is 16.1 Å². The molecule has 32 heavy (non-hydrogen) atoms. The Balaban J connectivity index is 1.70. The number of aryl methyl sites for hydroxylation is 2. The van der Waals surface area contributed by atoms with Crippen molar-refractivity contribution in [2.24, 2.45) is 0 Å². The quantitative estimate of drug-likeness (QED) is 0.553. The van der Waals surface area contributed by atoms with Crippen LogP contribution in [0.15, 0.2) is 76.5 Å². The van der Waals surface area contributed by atoms with Gasteiger partial charge in [-0.15, -0.1) is 11.8 Å². The first-order valence-electron chi connectivity index (χ1n) is 10.1. The molecule has 0 aliphatic carbocycles. The van der Waals surface area contributed by atoms with Gasteiger partial charge in [0.1, 0.15) is 5.75 Å². The van der Waals surface area contributed by atoms with Crippen molar-refractivity contribution >= 4 is 39.1 Å². The Hall–Kier alpha value is -2.97. The highest BCUT2D eigenvalue weighted by Crippen LogP contribution is 2.38. The fourth-order valence-electron chi connectivity index (χ4n) is 3.52. The number of hydrogen-bond donors (Lipinski definition) is 1. The SMILES string of the molecule is CSc1ccccc1NC(=O)C1CN(S(=O)(=O)c2ccc(C)cc2)c2ccc(C)cc2O1. The lowest BCUT2D eigenvalue weighted by molar-refractivity contribution is -0.122. The van der Waals surface area contributed by atoms with Gasteiger partial charge in [-0.1, -0.05) is 35.9 Å². The molecule has 166 valence electrons. The number of anilines is 2. The van der Waals surface area contributed by atoms with Crippen LogP contribution in [0.4, 0.5) is 11.4 Å². The second kappa shape index (κ2) is 8.88. The Labute approximate surface area is 192 Å². The average molecular weight is 469 g/mol. The number of carbonyl (C=O) groups is 1. The van der Waals surface area contributed by atoms with Crippen LogP contribution in [0.1, 0.15) is 11.1 Å². The minimum Gasteiger partial charge on any atom is -0.476 e. The van der Waals surface area contributed by atoms with Crippen molar-refractivity contribution in [3.63, 3.8) is 0 Å². The number of amides is 1. The maximum atomic E-state index is 13.5. The predicted molar refractivity (Wildman–Crippen MR) is 128 cm³/mol. The van der Waals surface area contributed by atoms with Crippen LogP contribution < -0.4 is 14.4 Å². The summed E-state index contributed by atoms with van der Waals surface area (Å²) in [5.74, 6) is -0.0343. The van der Waals surface area contributed by atoms with E-state index in [0.29, 0.717) is 17.1 Å². The van der Waals surface area contributed by atoms with Crippen molar-refractivity contribution in [3.8, 4) is 5.75 Å². The average Bonchev–Trinajstić information content (AvgIpc) is 2.78. The molecule has 3 aromatic carbocycles. The zero-order chi connectivity index (χ0) is 22.9. The molecule has 1 atom stereocenters.